The first-order chi connectivity index (χ1) is 9.51. The molecule has 1 rings (SSSR count). The molecule has 0 aliphatic rings. The quantitative estimate of drug-likeness (QED) is 0.804. The summed E-state index contributed by atoms with van der Waals surface area (Å²) in [6.07, 6.45) is 1.44. The molecule has 0 saturated carbocycles. The Balaban J connectivity index is 3.05. The predicted molar refractivity (Wildman–Crippen MR) is 79.5 cm³/mol. The molecule has 0 radical (unpaired) electrons. The number of benzene rings is 1. The Morgan fingerprint density at radius 1 is 1.50 bits per heavy atom. The van der Waals surface area contributed by atoms with Crippen LogP contribution in [0.1, 0.15) is 18.9 Å². The fraction of sp³-hybridized carbons (Fsp3) is 0.500. The van der Waals surface area contributed by atoms with Gasteiger partial charge in [0.1, 0.15) is 0 Å². The predicted octanol–water partition coefficient (Wildman–Crippen LogP) is 1.75. The Bertz CT molecular complexity index is 466. The van der Waals surface area contributed by atoms with E-state index in [0.29, 0.717) is 22.9 Å². The summed E-state index contributed by atoms with van der Waals surface area (Å²) in [5.74, 6) is 0.803. The van der Waals surface area contributed by atoms with Crippen LogP contribution in [0.4, 0.5) is 0 Å². The van der Waals surface area contributed by atoms with E-state index in [9.17, 15) is 4.79 Å². The number of carbonyl (C=O) groups excluding carboxylic acids is 1. The molecule has 112 valence electrons. The fourth-order valence-electron chi connectivity index (χ4n) is 1.73. The summed E-state index contributed by atoms with van der Waals surface area (Å²) in [6, 6.07) is 3.45. The Morgan fingerprint density at radius 2 is 2.20 bits per heavy atom. The number of hydrogen-bond acceptors (Lipinski definition) is 4. The summed E-state index contributed by atoms with van der Waals surface area (Å²) in [4.78, 5) is 11.3. The zero-order chi connectivity index (χ0) is 15.1. The number of carbonyl (C=O) groups is 1. The van der Waals surface area contributed by atoms with Gasteiger partial charge in [-0.3, -0.25) is 4.79 Å². The first-order valence-electron chi connectivity index (χ1n) is 6.47. The third kappa shape index (κ3) is 4.58. The molecule has 0 aliphatic heterocycles. The van der Waals surface area contributed by atoms with Crippen LogP contribution in [0.2, 0.25) is 5.02 Å². The van der Waals surface area contributed by atoms with Crippen LogP contribution in [0.25, 0.3) is 0 Å². The van der Waals surface area contributed by atoms with Crippen LogP contribution in [0, 0.1) is 0 Å². The molecule has 0 spiro atoms. The van der Waals surface area contributed by atoms with E-state index in [-0.39, 0.29) is 18.6 Å². The molecular formula is C14H21ClN2O3. The fourth-order valence-corrected chi connectivity index (χ4v) is 1.96. The third-order valence-electron chi connectivity index (χ3n) is 2.95. The molecule has 5 nitrogen and oxygen atoms in total. The smallest absolute Gasteiger partial charge is 0.257 e. The third-order valence-corrected chi connectivity index (χ3v) is 3.17. The van der Waals surface area contributed by atoms with Crippen molar-refractivity contribution in [2.45, 2.75) is 25.8 Å². The van der Waals surface area contributed by atoms with Gasteiger partial charge in [-0.2, -0.15) is 0 Å². The van der Waals surface area contributed by atoms with Crippen LogP contribution in [0.15, 0.2) is 12.1 Å². The largest absolute Gasteiger partial charge is 0.493 e. The minimum absolute atomic E-state index is 0.000486. The number of nitrogens with two attached hydrogens (primary N) is 1. The Hall–Kier alpha value is -1.46. The van der Waals surface area contributed by atoms with Gasteiger partial charge in [0.25, 0.3) is 5.91 Å². The maximum absolute atomic E-state index is 11.3. The molecule has 0 saturated heterocycles. The van der Waals surface area contributed by atoms with Gasteiger partial charge in [0.2, 0.25) is 0 Å². The number of nitrogens with one attached hydrogen (secondary N) is 1. The first-order valence-corrected chi connectivity index (χ1v) is 6.84. The molecule has 0 aromatic heterocycles. The summed E-state index contributed by atoms with van der Waals surface area (Å²) >= 11 is 6.06. The van der Waals surface area contributed by atoms with Crippen molar-refractivity contribution >= 4 is 17.5 Å². The molecule has 3 N–H and O–H groups in total. The average molecular weight is 301 g/mol. The highest BCUT2D eigenvalue weighted by Crippen LogP contribution is 2.35. The lowest BCUT2D eigenvalue weighted by molar-refractivity contribution is -0.122. The maximum Gasteiger partial charge on any atom is 0.257 e. The topological polar surface area (TPSA) is 73.6 Å². The van der Waals surface area contributed by atoms with E-state index in [1.54, 1.807) is 19.2 Å². The maximum atomic E-state index is 11.3. The Morgan fingerprint density at radius 3 is 2.75 bits per heavy atom. The number of halogens is 1. The van der Waals surface area contributed by atoms with Crippen molar-refractivity contribution in [3.05, 3.63) is 22.7 Å². The van der Waals surface area contributed by atoms with E-state index >= 15 is 0 Å². The normalized spacial score (nSPS) is 11.8. The van der Waals surface area contributed by atoms with Gasteiger partial charge in [-0.15, -0.1) is 0 Å². The van der Waals surface area contributed by atoms with Gasteiger partial charge >= 0.3 is 0 Å². The highest BCUT2D eigenvalue weighted by molar-refractivity contribution is 6.30. The van der Waals surface area contributed by atoms with E-state index in [1.165, 1.54) is 7.11 Å². The average Bonchev–Trinajstić information content (AvgIpc) is 2.44. The Kier molecular flexibility index (Phi) is 6.61. The molecule has 1 amide bonds. The second-order valence-corrected chi connectivity index (χ2v) is 4.87. The number of hydrogen-bond donors (Lipinski definition) is 2. The van der Waals surface area contributed by atoms with Gasteiger partial charge in [-0.05, 0) is 18.9 Å². The summed E-state index contributed by atoms with van der Waals surface area (Å²) in [5.41, 5.74) is 6.82. The van der Waals surface area contributed by atoms with Crippen LogP contribution >= 0.6 is 11.6 Å². The van der Waals surface area contributed by atoms with Crippen LogP contribution < -0.4 is 20.5 Å². The molecule has 0 fully saturated rings. The summed E-state index contributed by atoms with van der Waals surface area (Å²) in [7, 11) is 3.08. The second kappa shape index (κ2) is 7.97. The zero-order valence-electron chi connectivity index (χ0n) is 12.0. The summed E-state index contributed by atoms with van der Waals surface area (Å²) in [5, 5.41) is 3.05. The number of ether oxygens (including phenoxy) is 2. The highest BCUT2D eigenvalue weighted by Gasteiger charge is 2.16. The van der Waals surface area contributed by atoms with Crippen molar-refractivity contribution < 1.29 is 14.3 Å². The van der Waals surface area contributed by atoms with Crippen LogP contribution in [0.3, 0.4) is 0 Å². The molecule has 1 aromatic rings. The van der Waals surface area contributed by atoms with Crippen molar-refractivity contribution in [3.8, 4) is 11.5 Å². The number of methoxy groups -OCH3 is 1. The van der Waals surface area contributed by atoms with Gasteiger partial charge in [0.05, 0.1) is 7.11 Å². The Labute approximate surface area is 124 Å². The summed E-state index contributed by atoms with van der Waals surface area (Å²) in [6.45, 7) is 1.93. The zero-order valence-corrected chi connectivity index (χ0v) is 12.8. The number of likely N-dealkylation sites (N-methyl/N-ethyl adjacent to an activating group) is 1. The van der Waals surface area contributed by atoms with E-state index in [0.717, 1.165) is 12.0 Å². The van der Waals surface area contributed by atoms with Crippen molar-refractivity contribution in [2.75, 3.05) is 20.8 Å². The first kappa shape index (κ1) is 16.6. The molecule has 0 bridgehead atoms. The van der Waals surface area contributed by atoms with Crippen molar-refractivity contribution in [2.24, 2.45) is 5.73 Å². The lowest BCUT2D eigenvalue weighted by Crippen LogP contribution is -2.26. The van der Waals surface area contributed by atoms with E-state index in [1.807, 2.05) is 6.92 Å². The molecule has 6 heteroatoms. The number of amides is 1. The number of rotatable bonds is 7. The molecule has 1 unspecified atom stereocenters. The van der Waals surface area contributed by atoms with E-state index in [2.05, 4.69) is 5.32 Å². The molecule has 1 atom stereocenters. The second-order valence-electron chi connectivity index (χ2n) is 4.43. The minimum Gasteiger partial charge on any atom is -0.493 e. The van der Waals surface area contributed by atoms with Gasteiger partial charge < -0.3 is 20.5 Å². The van der Waals surface area contributed by atoms with Crippen molar-refractivity contribution in [1.82, 2.24) is 5.32 Å². The molecule has 0 aliphatic carbocycles. The van der Waals surface area contributed by atoms with Gasteiger partial charge in [0, 0.05) is 29.7 Å². The molecule has 20 heavy (non-hydrogen) atoms. The van der Waals surface area contributed by atoms with Crippen LogP contribution in [-0.4, -0.2) is 32.7 Å². The highest BCUT2D eigenvalue weighted by atomic mass is 35.5. The van der Waals surface area contributed by atoms with Crippen LogP contribution in [0.5, 0.6) is 11.5 Å². The minimum atomic E-state index is -0.215. The monoisotopic (exact) mass is 300 g/mol. The lowest BCUT2D eigenvalue weighted by atomic mass is 10.0. The van der Waals surface area contributed by atoms with Gasteiger partial charge in [-0.25, -0.2) is 0 Å². The van der Waals surface area contributed by atoms with Crippen LogP contribution in [-0.2, 0) is 11.2 Å². The molecule has 1 aromatic carbocycles. The molecular weight excluding hydrogens is 280 g/mol. The van der Waals surface area contributed by atoms with E-state index in [4.69, 9.17) is 26.8 Å². The molecule has 0 heterocycles. The standard InChI is InChI=1S/C14H21ClN2O3/c1-4-11(16)6-9-5-10(15)7-12(19-3)14(9)20-8-13(18)17-2/h5,7,11H,4,6,8,16H2,1-3H3,(H,17,18). The van der Waals surface area contributed by atoms with Crippen molar-refractivity contribution in [3.63, 3.8) is 0 Å². The van der Waals surface area contributed by atoms with Gasteiger partial charge in [0.15, 0.2) is 18.1 Å². The SMILES string of the molecule is CCC(N)Cc1cc(Cl)cc(OC)c1OCC(=O)NC. The summed E-state index contributed by atoms with van der Waals surface area (Å²) < 4.78 is 10.8. The van der Waals surface area contributed by atoms with Crippen molar-refractivity contribution in [1.29, 1.82) is 0 Å². The lowest BCUT2D eigenvalue weighted by Gasteiger charge is -2.17. The van der Waals surface area contributed by atoms with E-state index < -0.39 is 0 Å². The van der Waals surface area contributed by atoms with Gasteiger partial charge in [-0.1, -0.05) is 18.5 Å².